The van der Waals surface area contributed by atoms with E-state index in [-0.39, 0.29) is 11.8 Å². The second-order valence-corrected chi connectivity index (χ2v) is 12.0. The summed E-state index contributed by atoms with van der Waals surface area (Å²) in [6, 6.07) is 7.83. The Hall–Kier alpha value is -2.67. The number of nitrogens with zero attached hydrogens (tertiary/aromatic N) is 4. The highest BCUT2D eigenvalue weighted by molar-refractivity contribution is 5.95. The van der Waals surface area contributed by atoms with Crippen LogP contribution in [0.1, 0.15) is 86.8 Å². The topological polar surface area (TPSA) is 78.7 Å². The zero-order valence-corrected chi connectivity index (χ0v) is 22.0. The van der Waals surface area contributed by atoms with Crippen LogP contribution in [-0.4, -0.2) is 68.1 Å². The standard InChI is InChI=1S/C30H40N4O3/c35-27(32-17-19-33(20-18-32)28(36)30(37)15-16-30)24-9-7-23(8-10-24)25-21-34-22-29(14-11-26(34)31-25)12-5-3-1-2-4-6-13-29/h7-10,21,37H,1-6,11-20,22H2. The van der Waals surface area contributed by atoms with Crippen LogP contribution in [0.3, 0.4) is 0 Å². The number of carbonyl (C=O) groups is 2. The molecular formula is C30H40N4O3. The van der Waals surface area contributed by atoms with Gasteiger partial charge in [-0.25, -0.2) is 4.98 Å². The quantitative estimate of drug-likeness (QED) is 0.671. The van der Waals surface area contributed by atoms with Crippen molar-refractivity contribution in [3.63, 3.8) is 0 Å². The Morgan fingerprint density at radius 2 is 1.41 bits per heavy atom. The molecule has 0 radical (unpaired) electrons. The number of carbonyl (C=O) groups excluding carboxylic acids is 2. The first-order valence-corrected chi connectivity index (χ1v) is 14.4. The Bertz CT molecular complexity index is 1130. The van der Waals surface area contributed by atoms with Crippen molar-refractivity contribution in [3.05, 3.63) is 41.9 Å². The predicted octanol–water partition coefficient (Wildman–Crippen LogP) is 4.43. The highest BCUT2D eigenvalue weighted by atomic mass is 16.3. The molecule has 2 aliphatic heterocycles. The van der Waals surface area contributed by atoms with Crippen molar-refractivity contribution in [3.8, 4) is 11.3 Å². The molecule has 4 aliphatic rings. The van der Waals surface area contributed by atoms with Gasteiger partial charge in [0.05, 0.1) is 5.69 Å². The fourth-order valence-corrected chi connectivity index (χ4v) is 6.69. The van der Waals surface area contributed by atoms with Crippen LogP contribution in [0.15, 0.2) is 30.5 Å². The number of benzene rings is 1. The smallest absolute Gasteiger partial charge is 0.254 e. The number of fused-ring (bicyclic) bond motifs is 1. The summed E-state index contributed by atoms with van der Waals surface area (Å²) in [5.74, 6) is 1.02. The van der Waals surface area contributed by atoms with E-state index >= 15 is 0 Å². The summed E-state index contributed by atoms with van der Waals surface area (Å²) in [5, 5.41) is 10.1. The Morgan fingerprint density at radius 3 is 2.05 bits per heavy atom. The van der Waals surface area contributed by atoms with Crippen LogP contribution < -0.4 is 0 Å². The molecule has 2 aliphatic carbocycles. The summed E-state index contributed by atoms with van der Waals surface area (Å²) in [6.07, 6.45) is 16.6. The Kier molecular flexibility index (Phi) is 6.59. The molecule has 2 saturated carbocycles. The largest absolute Gasteiger partial charge is 0.380 e. The fraction of sp³-hybridized carbons (Fsp3) is 0.633. The molecule has 37 heavy (non-hydrogen) atoms. The number of amides is 2. The molecule has 7 heteroatoms. The van der Waals surface area contributed by atoms with E-state index in [0.717, 1.165) is 24.2 Å². The van der Waals surface area contributed by atoms with Gasteiger partial charge in [0.2, 0.25) is 0 Å². The number of aromatic nitrogens is 2. The summed E-state index contributed by atoms with van der Waals surface area (Å²) >= 11 is 0. The van der Waals surface area contributed by atoms with Gasteiger partial charge in [-0.3, -0.25) is 9.59 Å². The Labute approximate surface area is 219 Å². The van der Waals surface area contributed by atoms with Crippen molar-refractivity contribution >= 4 is 11.8 Å². The number of rotatable bonds is 3. The van der Waals surface area contributed by atoms with Crippen LogP contribution in [0, 0.1) is 5.41 Å². The Morgan fingerprint density at radius 1 is 0.784 bits per heavy atom. The third-order valence-electron chi connectivity index (χ3n) is 9.31. The molecule has 2 amide bonds. The minimum absolute atomic E-state index is 0.00457. The number of hydrogen-bond acceptors (Lipinski definition) is 4. The van der Waals surface area contributed by atoms with E-state index in [2.05, 4.69) is 10.8 Å². The second-order valence-electron chi connectivity index (χ2n) is 12.0. The maximum absolute atomic E-state index is 13.1. The number of hydrogen-bond donors (Lipinski definition) is 1. The van der Waals surface area contributed by atoms with Gasteiger partial charge in [-0.1, -0.05) is 50.7 Å². The van der Waals surface area contributed by atoms with E-state index in [0.29, 0.717) is 50.0 Å². The lowest BCUT2D eigenvalue weighted by molar-refractivity contribution is -0.143. The molecule has 1 aromatic carbocycles. The minimum atomic E-state index is -1.14. The van der Waals surface area contributed by atoms with Crippen LogP contribution in [0.5, 0.6) is 0 Å². The van der Waals surface area contributed by atoms with Crippen LogP contribution in [0.25, 0.3) is 11.3 Å². The first-order chi connectivity index (χ1) is 17.9. The van der Waals surface area contributed by atoms with Crippen molar-refractivity contribution in [1.82, 2.24) is 19.4 Å². The van der Waals surface area contributed by atoms with Crippen molar-refractivity contribution in [2.75, 3.05) is 26.2 Å². The molecule has 198 valence electrons. The second kappa shape index (κ2) is 9.90. The molecule has 0 atom stereocenters. The molecule has 1 spiro atoms. The van der Waals surface area contributed by atoms with Gasteiger partial charge in [-0.15, -0.1) is 0 Å². The lowest BCUT2D eigenvalue weighted by atomic mass is 9.73. The van der Waals surface area contributed by atoms with Gasteiger partial charge >= 0.3 is 0 Å². The normalized spacial score (nSPS) is 23.1. The lowest BCUT2D eigenvalue weighted by Gasteiger charge is -2.38. The molecule has 3 fully saturated rings. The molecular weight excluding hydrogens is 464 g/mol. The van der Waals surface area contributed by atoms with Crippen LogP contribution >= 0.6 is 0 Å². The maximum Gasteiger partial charge on any atom is 0.254 e. The van der Waals surface area contributed by atoms with E-state index < -0.39 is 5.60 Å². The molecule has 2 aromatic rings. The monoisotopic (exact) mass is 504 g/mol. The third-order valence-corrected chi connectivity index (χ3v) is 9.31. The van der Waals surface area contributed by atoms with Gasteiger partial charge in [-0.05, 0) is 49.7 Å². The van der Waals surface area contributed by atoms with Gasteiger partial charge in [0.25, 0.3) is 11.8 Å². The van der Waals surface area contributed by atoms with Crippen LogP contribution in [-0.2, 0) is 17.8 Å². The van der Waals surface area contributed by atoms with E-state index in [1.807, 2.05) is 29.2 Å². The summed E-state index contributed by atoms with van der Waals surface area (Å²) in [5.41, 5.74) is 2.02. The first-order valence-electron chi connectivity index (χ1n) is 14.4. The first kappa shape index (κ1) is 24.7. The molecule has 1 aromatic heterocycles. The van der Waals surface area contributed by atoms with Gasteiger partial charge in [0, 0.05) is 56.5 Å². The predicted molar refractivity (Wildman–Crippen MR) is 142 cm³/mol. The third kappa shape index (κ3) is 5.07. The maximum atomic E-state index is 13.1. The summed E-state index contributed by atoms with van der Waals surface area (Å²) in [6.45, 7) is 3.05. The SMILES string of the molecule is O=C(c1ccc(-c2cn3c(n2)CCC2(CCCCCCCC2)C3)cc1)N1CCN(C(=O)C2(O)CC2)CC1. The van der Waals surface area contributed by atoms with Crippen LogP contribution in [0.4, 0.5) is 0 Å². The van der Waals surface area contributed by atoms with Crippen molar-refractivity contribution in [1.29, 1.82) is 0 Å². The molecule has 3 heterocycles. The molecule has 6 rings (SSSR count). The molecule has 1 N–H and O–H groups in total. The van der Waals surface area contributed by atoms with Gasteiger partial charge in [0.1, 0.15) is 11.4 Å². The number of imidazole rings is 1. The fourth-order valence-electron chi connectivity index (χ4n) is 6.69. The molecule has 1 saturated heterocycles. The van der Waals surface area contributed by atoms with Crippen molar-refractivity contribution < 1.29 is 14.7 Å². The highest BCUT2D eigenvalue weighted by Gasteiger charge is 2.50. The number of aliphatic hydroxyl groups is 1. The van der Waals surface area contributed by atoms with E-state index in [4.69, 9.17) is 4.98 Å². The molecule has 0 bridgehead atoms. The van der Waals surface area contributed by atoms with Crippen molar-refractivity contribution in [2.24, 2.45) is 5.41 Å². The van der Waals surface area contributed by atoms with Gasteiger partial charge in [-0.2, -0.15) is 0 Å². The summed E-state index contributed by atoms with van der Waals surface area (Å²) in [7, 11) is 0. The van der Waals surface area contributed by atoms with E-state index in [9.17, 15) is 14.7 Å². The zero-order chi connectivity index (χ0) is 25.5. The highest BCUT2D eigenvalue weighted by Crippen LogP contribution is 2.42. The summed E-state index contributed by atoms with van der Waals surface area (Å²) < 4.78 is 2.41. The van der Waals surface area contributed by atoms with E-state index in [1.165, 1.54) is 63.6 Å². The minimum Gasteiger partial charge on any atom is -0.380 e. The Balaban J connectivity index is 1.09. The zero-order valence-electron chi connectivity index (χ0n) is 22.0. The van der Waals surface area contributed by atoms with Gasteiger partial charge < -0.3 is 19.5 Å². The van der Waals surface area contributed by atoms with E-state index in [1.54, 1.807) is 4.90 Å². The van der Waals surface area contributed by atoms with Crippen molar-refractivity contribution in [2.45, 2.75) is 89.2 Å². The molecule has 7 nitrogen and oxygen atoms in total. The summed E-state index contributed by atoms with van der Waals surface area (Å²) in [4.78, 5) is 34.0. The average molecular weight is 505 g/mol. The van der Waals surface area contributed by atoms with Gasteiger partial charge in [0.15, 0.2) is 0 Å². The number of aryl methyl sites for hydroxylation is 1. The lowest BCUT2D eigenvalue weighted by Crippen LogP contribution is -2.53. The number of piperazine rings is 1. The average Bonchev–Trinajstić information content (AvgIpc) is 3.51. The molecule has 0 unspecified atom stereocenters. The van der Waals surface area contributed by atoms with Crippen LogP contribution in [0.2, 0.25) is 0 Å².